The predicted molar refractivity (Wildman–Crippen MR) is 86.2 cm³/mol. The zero-order chi connectivity index (χ0) is 15.2. The Balaban J connectivity index is 2.79. The molecule has 0 aromatic heterocycles. The van der Waals surface area contributed by atoms with Crippen molar-refractivity contribution in [3.05, 3.63) is 29.3 Å². The van der Waals surface area contributed by atoms with Crippen LogP contribution in [0.2, 0.25) is 0 Å². The smallest absolute Gasteiger partial charge is 0.123 e. The van der Waals surface area contributed by atoms with Gasteiger partial charge in [-0.3, -0.25) is 0 Å². The molecule has 0 fully saturated rings. The lowest BCUT2D eigenvalue weighted by Crippen LogP contribution is -2.29. The van der Waals surface area contributed by atoms with E-state index in [4.69, 9.17) is 4.74 Å². The van der Waals surface area contributed by atoms with Crippen molar-refractivity contribution in [2.24, 2.45) is 5.41 Å². The monoisotopic (exact) mass is 278 g/mol. The Bertz CT molecular complexity index is 410. The second-order valence-electron chi connectivity index (χ2n) is 6.66. The van der Waals surface area contributed by atoms with Gasteiger partial charge in [0, 0.05) is 25.2 Å². The molecule has 0 saturated carbocycles. The summed E-state index contributed by atoms with van der Waals surface area (Å²) in [6.07, 6.45) is 0. The first-order chi connectivity index (χ1) is 9.35. The number of nitrogens with zero attached hydrogens (tertiary/aromatic N) is 1. The molecule has 0 aliphatic rings. The maximum Gasteiger partial charge on any atom is 0.123 e. The van der Waals surface area contributed by atoms with E-state index in [0.717, 1.165) is 31.9 Å². The third-order valence-electron chi connectivity index (χ3n) is 3.11. The summed E-state index contributed by atoms with van der Waals surface area (Å²) in [5.41, 5.74) is 2.88. The van der Waals surface area contributed by atoms with Crippen LogP contribution in [0.1, 0.15) is 38.8 Å². The number of methoxy groups -OCH3 is 1. The quantitative estimate of drug-likeness (QED) is 0.828. The van der Waals surface area contributed by atoms with E-state index < -0.39 is 0 Å². The Morgan fingerprint density at radius 2 is 1.95 bits per heavy atom. The second kappa shape index (κ2) is 7.65. The minimum absolute atomic E-state index is 0.309. The highest BCUT2D eigenvalue weighted by Gasteiger charge is 2.15. The Morgan fingerprint density at radius 3 is 2.50 bits per heavy atom. The predicted octanol–water partition coefficient (Wildman–Crippen LogP) is 3.28. The van der Waals surface area contributed by atoms with Gasteiger partial charge < -0.3 is 15.0 Å². The van der Waals surface area contributed by atoms with Crippen molar-refractivity contribution >= 4 is 0 Å². The fourth-order valence-corrected chi connectivity index (χ4v) is 2.49. The number of benzene rings is 1. The van der Waals surface area contributed by atoms with E-state index in [2.05, 4.69) is 63.2 Å². The molecule has 0 atom stereocenters. The lowest BCUT2D eigenvalue weighted by Gasteiger charge is -2.27. The fraction of sp³-hybridized carbons (Fsp3) is 0.647. The summed E-state index contributed by atoms with van der Waals surface area (Å²) < 4.78 is 5.49. The van der Waals surface area contributed by atoms with Crippen molar-refractivity contribution < 1.29 is 4.74 Å². The summed E-state index contributed by atoms with van der Waals surface area (Å²) in [7, 11) is 3.91. The Labute approximate surface area is 124 Å². The van der Waals surface area contributed by atoms with Crippen LogP contribution in [0.5, 0.6) is 5.75 Å². The van der Waals surface area contributed by atoms with Gasteiger partial charge in [0.15, 0.2) is 0 Å². The molecular weight excluding hydrogens is 248 g/mol. The van der Waals surface area contributed by atoms with E-state index in [1.165, 1.54) is 11.1 Å². The lowest BCUT2D eigenvalue weighted by atomic mass is 9.96. The van der Waals surface area contributed by atoms with Crippen LogP contribution in [0, 0.1) is 5.41 Å². The number of nitrogens with one attached hydrogen (secondary N) is 1. The summed E-state index contributed by atoms with van der Waals surface area (Å²) in [5.74, 6) is 0.978. The Morgan fingerprint density at radius 1 is 1.25 bits per heavy atom. The molecule has 0 radical (unpaired) electrons. The molecule has 0 unspecified atom stereocenters. The van der Waals surface area contributed by atoms with Crippen molar-refractivity contribution in [2.45, 2.75) is 40.8 Å². The molecule has 0 amide bonds. The van der Waals surface area contributed by atoms with E-state index in [0.29, 0.717) is 5.41 Å². The second-order valence-corrected chi connectivity index (χ2v) is 6.66. The Kier molecular flexibility index (Phi) is 6.50. The normalized spacial score (nSPS) is 11.9. The zero-order valence-electron chi connectivity index (χ0n) is 13.9. The minimum Gasteiger partial charge on any atom is -0.496 e. The van der Waals surface area contributed by atoms with Crippen LogP contribution in [0.4, 0.5) is 0 Å². The molecule has 1 rings (SSSR count). The van der Waals surface area contributed by atoms with Gasteiger partial charge in [-0.25, -0.2) is 0 Å². The SMILES string of the molecule is CCNCc1ccc(OC)c(CN(C)CC(C)(C)C)c1. The van der Waals surface area contributed by atoms with Gasteiger partial charge in [-0.15, -0.1) is 0 Å². The average Bonchev–Trinajstić information content (AvgIpc) is 2.34. The fourth-order valence-electron chi connectivity index (χ4n) is 2.49. The zero-order valence-corrected chi connectivity index (χ0v) is 13.9. The van der Waals surface area contributed by atoms with Crippen molar-refractivity contribution in [1.82, 2.24) is 10.2 Å². The molecule has 0 aliphatic carbocycles. The number of ether oxygens (including phenoxy) is 1. The lowest BCUT2D eigenvalue weighted by molar-refractivity contribution is 0.218. The number of rotatable bonds is 7. The molecule has 1 N–H and O–H groups in total. The first-order valence-electron chi connectivity index (χ1n) is 7.40. The molecule has 1 aromatic rings. The highest BCUT2D eigenvalue weighted by molar-refractivity contribution is 5.37. The van der Waals surface area contributed by atoms with Gasteiger partial charge in [-0.05, 0) is 36.7 Å². The van der Waals surface area contributed by atoms with Gasteiger partial charge >= 0.3 is 0 Å². The van der Waals surface area contributed by atoms with Crippen LogP contribution in [0.3, 0.4) is 0 Å². The standard InChI is InChI=1S/C17H30N2O/c1-7-18-11-14-8-9-16(20-6)15(10-14)12-19(5)13-17(2,3)4/h8-10,18H,7,11-13H2,1-6H3. The minimum atomic E-state index is 0.309. The van der Waals surface area contributed by atoms with Crippen LogP contribution in [-0.2, 0) is 13.1 Å². The molecule has 3 nitrogen and oxygen atoms in total. The molecule has 0 bridgehead atoms. The van der Waals surface area contributed by atoms with Crippen LogP contribution in [0.15, 0.2) is 18.2 Å². The van der Waals surface area contributed by atoms with Gasteiger partial charge in [0.25, 0.3) is 0 Å². The topological polar surface area (TPSA) is 24.5 Å². The van der Waals surface area contributed by atoms with Crippen molar-refractivity contribution in [3.63, 3.8) is 0 Å². The van der Waals surface area contributed by atoms with Gasteiger partial charge in [0.1, 0.15) is 5.75 Å². The molecule has 20 heavy (non-hydrogen) atoms. The van der Waals surface area contributed by atoms with Crippen LogP contribution < -0.4 is 10.1 Å². The van der Waals surface area contributed by atoms with Gasteiger partial charge in [-0.2, -0.15) is 0 Å². The summed E-state index contributed by atoms with van der Waals surface area (Å²) >= 11 is 0. The van der Waals surface area contributed by atoms with Crippen LogP contribution in [-0.4, -0.2) is 32.1 Å². The summed E-state index contributed by atoms with van der Waals surface area (Å²) in [6.45, 7) is 12.8. The maximum absolute atomic E-state index is 5.49. The highest BCUT2D eigenvalue weighted by atomic mass is 16.5. The molecule has 3 heteroatoms. The van der Waals surface area contributed by atoms with E-state index >= 15 is 0 Å². The van der Waals surface area contributed by atoms with E-state index in [9.17, 15) is 0 Å². The third-order valence-corrected chi connectivity index (χ3v) is 3.11. The summed E-state index contributed by atoms with van der Waals surface area (Å²) in [4.78, 5) is 2.36. The number of hydrogen-bond acceptors (Lipinski definition) is 3. The van der Waals surface area contributed by atoms with Crippen molar-refractivity contribution in [1.29, 1.82) is 0 Å². The first kappa shape index (κ1) is 17.0. The Hall–Kier alpha value is -1.06. The molecule has 0 aliphatic heterocycles. The molecular formula is C17H30N2O. The summed E-state index contributed by atoms with van der Waals surface area (Å²) in [6, 6.07) is 6.46. The highest BCUT2D eigenvalue weighted by Crippen LogP contribution is 2.23. The first-order valence-corrected chi connectivity index (χ1v) is 7.40. The molecule has 0 heterocycles. The molecule has 1 aromatic carbocycles. The van der Waals surface area contributed by atoms with Gasteiger partial charge in [0.2, 0.25) is 0 Å². The van der Waals surface area contributed by atoms with Gasteiger partial charge in [-0.1, -0.05) is 33.8 Å². The molecule has 114 valence electrons. The largest absolute Gasteiger partial charge is 0.496 e. The van der Waals surface area contributed by atoms with Crippen LogP contribution in [0.25, 0.3) is 0 Å². The van der Waals surface area contributed by atoms with E-state index in [1.807, 2.05) is 0 Å². The van der Waals surface area contributed by atoms with Gasteiger partial charge in [0.05, 0.1) is 7.11 Å². The van der Waals surface area contributed by atoms with E-state index in [-0.39, 0.29) is 0 Å². The van der Waals surface area contributed by atoms with E-state index in [1.54, 1.807) is 7.11 Å². The average molecular weight is 278 g/mol. The molecule has 0 spiro atoms. The maximum atomic E-state index is 5.49. The van der Waals surface area contributed by atoms with Crippen molar-refractivity contribution in [3.8, 4) is 5.75 Å². The molecule has 0 saturated heterocycles. The third kappa shape index (κ3) is 5.93. The van der Waals surface area contributed by atoms with Crippen LogP contribution >= 0.6 is 0 Å². The summed E-state index contributed by atoms with van der Waals surface area (Å²) in [5, 5.41) is 3.37. The van der Waals surface area contributed by atoms with Crippen molar-refractivity contribution in [2.75, 3.05) is 27.2 Å². The number of hydrogen-bond donors (Lipinski definition) is 1.